The summed E-state index contributed by atoms with van der Waals surface area (Å²) in [6, 6.07) is 5.21. The fraction of sp³-hybridized carbons (Fsp3) is 0.550. The molecule has 0 N–H and O–H groups in total. The van der Waals surface area contributed by atoms with Gasteiger partial charge in [0.25, 0.3) is 0 Å². The number of nitrogens with zero attached hydrogens (tertiary/aromatic N) is 2. The van der Waals surface area contributed by atoms with E-state index < -0.39 is 11.7 Å². The largest absolute Gasteiger partial charge is 0.416 e. The fourth-order valence-corrected chi connectivity index (χ4v) is 3.85. The summed E-state index contributed by atoms with van der Waals surface area (Å²) in [6.07, 6.45) is 1.71. The minimum atomic E-state index is -4.34. The lowest BCUT2D eigenvalue weighted by molar-refractivity contribution is -0.137. The molecule has 26 heavy (non-hydrogen) atoms. The number of benzene rings is 1. The Balaban J connectivity index is 1.66. The van der Waals surface area contributed by atoms with Gasteiger partial charge in [0.1, 0.15) is 0 Å². The molecule has 2 saturated heterocycles. The van der Waals surface area contributed by atoms with Crippen LogP contribution in [-0.2, 0) is 11.0 Å². The standard InChI is InChI=1S/C20H25F3N2O/c1-15(16-6-8-17(9-7-16)20(21,22)23)13-19(26)25-12-4-5-18(25)14-24-10-2-3-11-24/h6-9,13,18H,2-5,10-12,14H2,1H3/t18-/m0/s1. The summed E-state index contributed by atoms with van der Waals surface area (Å²) in [5.41, 5.74) is 0.655. The SMILES string of the molecule is CC(=CC(=O)N1CCC[C@H]1CN1CCCC1)c1ccc(C(F)(F)F)cc1. The summed E-state index contributed by atoms with van der Waals surface area (Å²) in [5.74, 6) is -0.0379. The molecule has 6 heteroatoms. The second kappa shape index (κ2) is 7.82. The van der Waals surface area contributed by atoms with E-state index in [0.29, 0.717) is 11.1 Å². The van der Waals surface area contributed by atoms with Crippen LogP contribution in [0.15, 0.2) is 30.3 Å². The molecule has 1 aromatic rings. The molecule has 142 valence electrons. The minimum Gasteiger partial charge on any atom is -0.335 e. The quantitative estimate of drug-likeness (QED) is 0.746. The van der Waals surface area contributed by atoms with Crippen molar-refractivity contribution in [1.29, 1.82) is 0 Å². The van der Waals surface area contributed by atoms with Crippen LogP contribution in [-0.4, -0.2) is 47.9 Å². The zero-order valence-electron chi connectivity index (χ0n) is 15.1. The monoisotopic (exact) mass is 366 g/mol. The molecule has 0 aromatic heterocycles. The molecule has 0 unspecified atom stereocenters. The zero-order valence-corrected chi connectivity index (χ0v) is 15.1. The van der Waals surface area contributed by atoms with Crippen LogP contribution in [0.2, 0.25) is 0 Å². The van der Waals surface area contributed by atoms with Crippen molar-refractivity contribution in [2.75, 3.05) is 26.2 Å². The van der Waals surface area contributed by atoms with Crippen LogP contribution in [0.3, 0.4) is 0 Å². The fourth-order valence-electron chi connectivity index (χ4n) is 3.85. The van der Waals surface area contributed by atoms with E-state index in [1.54, 1.807) is 13.0 Å². The maximum Gasteiger partial charge on any atom is 0.416 e. The van der Waals surface area contributed by atoms with E-state index >= 15 is 0 Å². The van der Waals surface area contributed by atoms with Gasteiger partial charge in [-0.3, -0.25) is 4.79 Å². The third kappa shape index (κ3) is 4.47. The molecule has 0 saturated carbocycles. The van der Waals surface area contributed by atoms with Gasteiger partial charge >= 0.3 is 6.18 Å². The van der Waals surface area contributed by atoms with E-state index in [4.69, 9.17) is 0 Å². The summed E-state index contributed by atoms with van der Waals surface area (Å²) >= 11 is 0. The molecule has 1 atom stereocenters. The number of carbonyl (C=O) groups excluding carboxylic acids is 1. The number of halogens is 3. The molecule has 3 rings (SSSR count). The van der Waals surface area contributed by atoms with Crippen molar-refractivity contribution in [3.63, 3.8) is 0 Å². The van der Waals surface area contributed by atoms with Crippen molar-refractivity contribution < 1.29 is 18.0 Å². The Morgan fingerprint density at radius 1 is 1.12 bits per heavy atom. The van der Waals surface area contributed by atoms with Crippen molar-refractivity contribution in [3.8, 4) is 0 Å². The lowest BCUT2D eigenvalue weighted by Crippen LogP contribution is -2.42. The number of alkyl halides is 3. The highest BCUT2D eigenvalue weighted by atomic mass is 19.4. The highest BCUT2D eigenvalue weighted by Gasteiger charge is 2.31. The van der Waals surface area contributed by atoms with E-state index in [9.17, 15) is 18.0 Å². The van der Waals surface area contributed by atoms with E-state index in [-0.39, 0.29) is 11.9 Å². The molecule has 2 aliphatic rings. The average Bonchev–Trinajstić information content (AvgIpc) is 3.26. The van der Waals surface area contributed by atoms with Crippen molar-refractivity contribution >= 4 is 11.5 Å². The molecule has 2 aliphatic heterocycles. The Morgan fingerprint density at radius 2 is 1.77 bits per heavy atom. The first kappa shape index (κ1) is 19.0. The Labute approximate surface area is 152 Å². The van der Waals surface area contributed by atoms with E-state index in [1.165, 1.54) is 25.0 Å². The van der Waals surface area contributed by atoms with Gasteiger partial charge < -0.3 is 9.80 Å². The van der Waals surface area contributed by atoms with Crippen LogP contribution in [0, 0.1) is 0 Å². The van der Waals surface area contributed by atoms with Gasteiger partial charge in [-0.05, 0) is 69.0 Å². The summed E-state index contributed by atoms with van der Waals surface area (Å²) in [6.45, 7) is 5.68. The first-order valence-electron chi connectivity index (χ1n) is 9.23. The van der Waals surface area contributed by atoms with Gasteiger partial charge in [-0.25, -0.2) is 0 Å². The molecule has 0 aliphatic carbocycles. The number of hydrogen-bond acceptors (Lipinski definition) is 2. The number of carbonyl (C=O) groups is 1. The number of allylic oxidation sites excluding steroid dienone is 1. The number of amides is 1. The van der Waals surface area contributed by atoms with Crippen molar-refractivity contribution in [2.45, 2.75) is 44.8 Å². The smallest absolute Gasteiger partial charge is 0.335 e. The normalized spacial score (nSPS) is 22.2. The predicted octanol–water partition coefficient (Wildman–Crippen LogP) is 4.20. The van der Waals surface area contributed by atoms with E-state index in [1.807, 2.05) is 4.90 Å². The Kier molecular flexibility index (Phi) is 5.70. The maximum absolute atomic E-state index is 12.7. The van der Waals surface area contributed by atoms with Gasteiger partial charge in [-0.2, -0.15) is 13.2 Å². The van der Waals surface area contributed by atoms with Crippen LogP contribution in [0.25, 0.3) is 5.57 Å². The van der Waals surface area contributed by atoms with E-state index in [2.05, 4.69) is 4.90 Å². The molecule has 0 radical (unpaired) electrons. The second-order valence-corrected chi connectivity index (χ2v) is 7.24. The summed E-state index contributed by atoms with van der Waals surface area (Å²) in [5, 5.41) is 0. The van der Waals surface area contributed by atoms with Crippen LogP contribution < -0.4 is 0 Å². The molecule has 2 fully saturated rings. The number of likely N-dealkylation sites (tertiary alicyclic amines) is 2. The molecule has 0 spiro atoms. The van der Waals surface area contributed by atoms with Crippen LogP contribution >= 0.6 is 0 Å². The first-order chi connectivity index (χ1) is 12.3. The first-order valence-corrected chi connectivity index (χ1v) is 9.23. The maximum atomic E-state index is 12.7. The predicted molar refractivity (Wildman–Crippen MR) is 95.5 cm³/mol. The average molecular weight is 366 g/mol. The van der Waals surface area contributed by atoms with Gasteiger partial charge in [-0.1, -0.05) is 12.1 Å². The van der Waals surface area contributed by atoms with Crippen LogP contribution in [0.1, 0.15) is 43.7 Å². The van der Waals surface area contributed by atoms with Crippen molar-refractivity contribution in [1.82, 2.24) is 9.80 Å². The number of hydrogen-bond donors (Lipinski definition) is 0. The number of rotatable bonds is 4. The summed E-state index contributed by atoms with van der Waals surface area (Å²) in [4.78, 5) is 17.0. The topological polar surface area (TPSA) is 23.6 Å². The Bertz CT molecular complexity index is 661. The molecule has 1 aromatic carbocycles. The molecule has 2 heterocycles. The van der Waals surface area contributed by atoms with Gasteiger partial charge in [0.05, 0.1) is 5.56 Å². The lowest BCUT2D eigenvalue weighted by atomic mass is 10.0. The van der Waals surface area contributed by atoms with Gasteiger partial charge in [0.15, 0.2) is 0 Å². The molecule has 1 amide bonds. The Hall–Kier alpha value is -1.82. The zero-order chi connectivity index (χ0) is 18.7. The Morgan fingerprint density at radius 3 is 2.38 bits per heavy atom. The third-order valence-electron chi connectivity index (χ3n) is 5.34. The lowest BCUT2D eigenvalue weighted by Gasteiger charge is -2.28. The van der Waals surface area contributed by atoms with Crippen molar-refractivity contribution in [3.05, 3.63) is 41.5 Å². The van der Waals surface area contributed by atoms with Gasteiger partial charge in [0, 0.05) is 25.2 Å². The molecular formula is C20H25F3N2O. The second-order valence-electron chi connectivity index (χ2n) is 7.24. The minimum absolute atomic E-state index is 0.0379. The van der Waals surface area contributed by atoms with E-state index in [0.717, 1.165) is 51.2 Å². The van der Waals surface area contributed by atoms with Crippen LogP contribution in [0.4, 0.5) is 13.2 Å². The summed E-state index contributed by atoms with van der Waals surface area (Å²) < 4.78 is 38.0. The highest BCUT2D eigenvalue weighted by Crippen LogP contribution is 2.30. The third-order valence-corrected chi connectivity index (χ3v) is 5.34. The molecule has 0 bridgehead atoms. The van der Waals surface area contributed by atoms with Crippen LogP contribution in [0.5, 0.6) is 0 Å². The summed E-state index contributed by atoms with van der Waals surface area (Å²) in [7, 11) is 0. The van der Waals surface area contributed by atoms with Crippen molar-refractivity contribution in [2.24, 2.45) is 0 Å². The van der Waals surface area contributed by atoms with Gasteiger partial charge in [-0.15, -0.1) is 0 Å². The van der Waals surface area contributed by atoms with Gasteiger partial charge in [0.2, 0.25) is 5.91 Å². The highest BCUT2D eigenvalue weighted by molar-refractivity contribution is 5.95. The molecule has 3 nitrogen and oxygen atoms in total. The molecular weight excluding hydrogens is 341 g/mol.